The highest BCUT2D eigenvalue weighted by molar-refractivity contribution is 5.77. The van der Waals surface area contributed by atoms with Crippen LogP contribution >= 0.6 is 0 Å². The molecule has 1 unspecified atom stereocenters. The van der Waals surface area contributed by atoms with Crippen molar-refractivity contribution in [1.29, 1.82) is 0 Å². The normalized spacial score (nSPS) is 22.2. The van der Waals surface area contributed by atoms with Gasteiger partial charge in [0.2, 0.25) is 5.89 Å². The van der Waals surface area contributed by atoms with Gasteiger partial charge in [-0.2, -0.15) is 4.98 Å². The second-order valence-corrected chi connectivity index (χ2v) is 4.53. The standard InChI is InChI=1S/C11H17N3O2/c1-8(15)6-10-12-11(16-13-10)9-4-3-5-14(2)7-9/h9H,3-7H2,1-2H3. The molecule has 1 fully saturated rings. The highest BCUT2D eigenvalue weighted by Gasteiger charge is 2.24. The topological polar surface area (TPSA) is 59.2 Å². The lowest BCUT2D eigenvalue weighted by Gasteiger charge is -2.27. The lowest BCUT2D eigenvalue weighted by atomic mass is 9.98. The first-order valence-electron chi connectivity index (χ1n) is 5.65. The van der Waals surface area contributed by atoms with E-state index in [2.05, 4.69) is 22.1 Å². The Hall–Kier alpha value is -1.23. The summed E-state index contributed by atoms with van der Waals surface area (Å²) in [5.74, 6) is 1.58. The number of nitrogens with zero attached hydrogens (tertiary/aromatic N) is 3. The first kappa shape index (κ1) is 11.3. The van der Waals surface area contributed by atoms with Crippen LogP contribution in [-0.2, 0) is 11.2 Å². The molecule has 1 atom stereocenters. The maximum atomic E-state index is 10.9. The summed E-state index contributed by atoms with van der Waals surface area (Å²) in [5.41, 5.74) is 0. The largest absolute Gasteiger partial charge is 0.339 e. The Morgan fingerprint density at radius 3 is 3.12 bits per heavy atom. The summed E-state index contributed by atoms with van der Waals surface area (Å²) in [5, 5.41) is 3.83. The third-order valence-electron chi connectivity index (χ3n) is 2.86. The number of rotatable bonds is 3. The molecule has 0 bridgehead atoms. The number of hydrogen-bond donors (Lipinski definition) is 0. The van der Waals surface area contributed by atoms with Crippen molar-refractivity contribution in [3.05, 3.63) is 11.7 Å². The number of carbonyl (C=O) groups excluding carboxylic acids is 1. The molecule has 16 heavy (non-hydrogen) atoms. The minimum atomic E-state index is 0.0631. The number of piperidine rings is 1. The number of aromatic nitrogens is 2. The SMILES string of the molecule is CC(=O)Cc1noc(C2CCCN(C)C2)n1. The van der Waals surface area contributed by atoms with Crippen molar-refractivity contribution < 1.29 is 9.32 Å². The Morgan fingerprint density at radius 1 is 1.62 bits per heavy atom. The van der Waals surface area contributed by atoms with E-state index in [1.54, 1.807) is 0 Å². The molecule has 88 valence electrons. The number of ketones is 1. The van der Waals surface area contributed by atoms with Crippen molar-refractivity contribution >= 4 is 5.78 Å². The molecule has 0 aromatic carbocycles. The van der Waals surface area contributed by atoms with Gasteiger partial charge in [-0.25, -0.2) is 0 Å². The van der Waals surface area contributed by atoms with Gasteiger partial charge < -0.3 is 9.42 Å². The van der Waals surface area contributed by atoms with E-state index in [4.69, 9.17) is 4.52 Å². The maximum Gasteiger partial charge on any atom is 0.231 e. The van der Waals surface area contributed by atoms with E-state index < -0.39 is 0 Å². The summed E-state index contributed by atoms with van der Waals surface area (Å²) >= 11 is 0. The third kappa shape index (κ3) is 2.66. The van der Waals surface area contributed by atoms with Gasteiger partial charge >= 0.3 is 0 Å². The second kappa shape index (κ2) is 4.74. The molecular weight excluding hydrogens is 206 g/mol. The molecule has 0 spiro atoms. The van der Waals surface area contributed by atoms with E-state index in [1.807, 2.05) is 0 Å². The van der Waals surface area contributed by atoms with E-state index in [0.717, 1.165) is 25.9 Å². The fourth-order valence-electron chi connectivity index (χ4n) is 2.10. The number of carbonyl (C=O) groups is 1. The van der Waals surface area contributed by atoms with Crippen LogP contribution in [0.25, 0.3) is 0 Å². The Kier molecular flexibility index (Phi) is 3.33. The predicted molar refractivity (Wildman–Crippen MR) is 58.2 cm³/mol. The van der Waals surface area contributed by atoms with Crippen LogP contribution in [0.4, 0.5) is 0 Å². The van der Waals surface area contributed by atoms with Gasteiger partial charge in [-0.15, -0.1) is 0 Å². The molecule has 1 aliphatic rings. The van der Waals surface area contributed by atoms with Gasteiger partial charge in [-0.1, -0.05) is 5.16 Å². The predicted octanol–water partition coefficient (Wildman–Crippen LogP) is 1.01. The van der Waals surface area contributed by atoms with Crippen LogP contribution in [0.1, 0.15) is 37.4 Å². The average Bonchev–Trinajstić information content (AvgIpc) is 2.65. The summed E-state index contributed by atoms with van der Waals surface area (Å²) in [7, 11) is 2.10. The molecule has 0 radical (unpaired) electrons. The molecule has 2 rings (SSSR count). The summed E-state index contributed by atoms with van der Waals surface area (Å²) in [6, 6.07) is 0. The Labute approximate surface area is 94.8 Å². The lowest BCUT2D eigenvalue weighted by molar-refractivity contribution is -0.116. The van der Waals surface area contributed by atoms with Crippen molar-refractivity contribution in [2.75, 3.05) is 20.1 Å². The van der Waals surface area contributed by atoms with Crippen molar-refractivity contribution in [3.63, 3.8) is 0 Å². The molecular formula is C11H17N3O2. The fourth-order valence-corrected chi connectivity index (χ4v) is 2.10. The van der Waals surface area contributed by atoms with Crippen LogP contribution in [0.15, 0.2) is 4.52 Å². The Balaban J connectivity index is 2.03. The number of hydrogen-bond acceptors (Lipinski definition) is 5. The molecule has 1 aliphatic heterocycles. The van der Waals surface area contributed by atoms with Gasteiger partial charge in [-0.3, -0.25) is 4.79 Å². The minimum Gasteiger partial charge on any atom is -0.339 e. The first-order valence-corrected chi connectivity index (χ1v) is 5.65. The molecule has 2 heterocycles. The van der Waals surface area contributed by atoms with Crippen LogP contribution in [0.5, 0.6) is 0 Å². The fraction of sp³-hybridized carbons (Fsp3) is 0.727. The highest BCUT2D eigenvalue weighted by Crippen LogP contribution is 2.24. The monoisotopic (exact) mass is 223 g/mol. The third-order valence-corrected chi connectivity index (χ3v) is 2.86. The summed E-state index contributed by atoms with van der Waals surface area (Å²) < 4.78 is 5.21. The van der Waals surface area contributed by atoms with Crippen molar-refractivity contribution in [3.8, 4) is 0 Å². The molecule has 0 amide bonds. The molecule has 0 saturated carbocycles. The summed E-state index contributed by atoms with van der Waals surface area (Å²) in [6.45, 7) is 3.62. The van der Waals surface area contributed by atoms with Crippen LogP contribution < -0.4 is 0 Å². The number of Topliss-reactive ketones (excluding diaryl/α,β-unsaturated/α-hetero) is 1. The first-order chi connectivity index (χ1) is 7.65. The number of likely N-dealkylation sites (tertiary alicyclic amines) is 1. The van der Waals surface area contributed by atoms with E-state index in [0.29, 0.717) is 17.6 Å². The number of likely N-dealkylation sites (N-methyl/N-ethyl adjacent to an activating group) is 1. The molecule has 0 aliphatic carbocycles. The Bertz CT molecular complexity index is 375. The van der Waals surface area contributed by atoms with Gasteiger partial charge in [0.1, 0.15) is 5.78 Å². The molecule has 1 saturated heterocycles. The molecule has 1 aromatic rings. The highest BCUT2D eigenvalue weighted by atomic mass is 16.5. The van der Waals surface area contributed by atoms with Crippen LogP contribution in [0, 0.1) is 0 Å². The molecule has 0 N–H and O–H groups in total. The van der Waals surface area contributed by atoms with Gasteiger partial charge in [0.05, 0.1) is 12.3 Å². The zero-order chi connectivity index (χ0) is 11.5. The van der Waals surface area contributed by atoms with Crippen molar-refractivity contribution in [2.45, 2.75) is 32.1 Å². The minimum absolute atomic E-state index is 0.0631. The second-order valence-electron chi connectivity index (χ2n) is 4.53. The van der Waals surface area contributed by atoms with Gasteiger partial charge in [0.15, 0.2) is 5.82 Å². The zero-order valence-electron chi connectivity index (χ0n) is 9.77. The van der Waals surface area contributed by atoms with Crippen LogP contribution in [0.2, 0.25) is 0 Å². The van der Waals surface area contributed by atoms with E-state index in [-0.39, 0.29) is 12.2 Å². The van der Waals surface area contributed by atoms with E-state index in [1.165, 1.54) is 6.92 Å². The maximum absolute atomic E-state index is 10.9. The Morgan fingerprint density at radius 2 is 2.44 bits per heavy atom. The van der Waals surface area contributed by atoms with Crippen LogP contribution in [0.3, 0.4) is 0 Å². The van der Waals surface area contributed by atoms with E-state index in [9.17, 15) is 4.79 Å². The van der Waals surface area contributed by atoms with Gasteiger partial charge in [0, 0.05) is 6.54 Å². The van der Waals surface area contributed by atoms with E-state index >= 15 is 0 Å². The summed E-state index contributed by atoms with van der Waals surface area (Å²) in [6.07, 6.45) is 2.52. The van der Waals surface area contributed by atoms with Gasteiger partial charge in [0.25, 0.3) is 0 Å². The smallest absolute Gasteiger partial charge is 0.231 e. The molecule has 5 nitrogen and oxygen atoms in total. The zero-order valence-corrected chi connectivity index (χ0v) is 9.77. The van der Waals surface area contributed by atoms with Crippen LogP contribution in [-0.4, -0.2) is 41.0 Å². The average molecular weight is 223 g/mol. The lowest BCUT2D eigenvalue weighted by Crippen LogP contribution is -2.30. The van der Waals surface area contributed by atoms with Gasteiger partial charge in [-0.05, 0) is 33.4 Å². The molecule has 5 heteroatoms. The van der Waals surface area contributed by atoms with Crippen molar-refractivity contribution in [1.82, 2.24) is 15.0 Å². The van der Waals surface area contributed by atoms with Crippen molar-refractivity contribution in [2.24, 2.45) is 0 Å². The molecule has 1 aromatic heterocycles. The summed E-state index contributed by atoms with van der Waals surface area (Å²) in [4.78, 5) is 17.5. The quantitative estimate of drug-likeness (QED) is 0.765.